The molecule has 0 saturated carbocycles. The maximum atomic E-state index is 13.5. The highest BCUT2D eigenvalue weighted by Gasteiger charge is 2.13. The Hall–Kier alpha value is -1.57. The minimum absolute atomic E-state index is 0.119. The van der Waals surface area contributed by atoms with E-state index in [2.05, 4.69) is 5.32 Å². The average molecular weight is 305 g/mol. The number of primary sulfonamides is 1. The average Bonchev–Trinajstić information content (AvgIpc) is 2.76. The van der Waals surface area contributed by atoms with Crippen LogP contribution in [-0.4, -0.2) is 8.42 Å². The lowest BCUT2D eigenvalue weighted by Gasteiger charge is -2.05. The van der Waals surface area contributed by atoms with Gasteiger partial charge >= 0.3 is 0 Å². The molecule has 0 bridgehead atoms. The molecule has 0 spiro atoms. The molecule has 1 heterocycles. The summed E-state index contributed by atoms with van der Waals surface area (Å²) in [5.41, 5.74) is 0.234. The summed E-state index contributed by atoms with van der Waals surface area (Å²) in [5, 5.41) is 7.62. The lowest BCUT2D eigenvalue weighted by atomic mass is 10.3. The van der Waals surface area contributed by atoms with Crippen LogP contribution in [0.1, 0.15) is 5.76 Å². The quantitative estimate of drug-likeness (QED) is 0.908. The molecule has 1 aromatic heterocycles. The van der Waals surface area contributed by atoms with Gasteiger partial charge in [0, 0.05) is 5.02 Å². The van der Waals surface area contributed by atoms with Gasteiger partial charge in [-0.2, -0.15) is 0 Å². The summed E-state index contributed by atoms with van der Waals surface area (Å²) >= 11 is 5.62. The number of hydrogen-bond acceptors (Lipinski definition) is 4. The largest absolute Gasteiger partial charge is 0.446 e. The van der Waals surface area contributed by atoms with Crippen LogP contribution in [0.4, 0.5) is 10.1 Å². The summed E-state index contributed by atoms with van der Waals surface area (Å²) in [7, 11) is -3.86. The molecular formula is C11H10ClFN2O3S. The zero-order chi connectivity index (χ0) is 14.0. The maximum Gasteiger partial charge on any atom is 0.271 e. The van der Waals surface area contributed by atoms with Crippen LogP contribution in [0.25, 0.3) is 0 Å². The molecule has 0 aliphatic carbocycles. The fourth-order valence-corrected chi connectivity index (χ4v) is 2.06. The van der Waals surface area contributed by atoms with Gasteiger partial charge in [0.15, 0.2) is 0 Å². The van der Waals surface area contributed by atoms with E-state index in [4.69, 9.17) is 21.2 Å². The van der Waals surface area contributed by atoms with Gasteiger partial charge < -0.3 is 9.73 Å². The Morgan fingerprint density at radius 2 is 2.05 bits per heavy atom. The molecule has 0 amide bonds. The van der Waals surface area contributed by atoms with Gasteiger partial charge in [-0.25, -0.2) is 17.9 Å². The van der Waals surface area contributed by atoms with Crippen molar-refractivity contribution in [2.45, 2.75) is 11.6 Å². The Balaban J connectivity index is 2.09. The number of anilines is 1. The van der Waals surface area contributed by atoms with E-state index >= 15 is 0 Å². The zero-order valence-electron chi connectivity index (χ0n) is 9.56. The van der Waals surface area contributed by atoms with E-state index < -0.39 is 15.8 Å². The summed E-state index contributed by atoms with van der Waals surface area (Å²) in [6, 6.07) is 6.86. The second-order valence-corrected chi connectivity index (χ2v) is 5.67. The van der Waals surface area contributed by atoms with Crippen LogP contribution in [0.3, 0.4) is 0 Å². The predicted octanol–water partition coefficient (Wildman–Crippen LogP) is 2.33. The van der Waals surface area contributed by atoms with Crippen LogP contribution in [0.2, 0.25) is 5.02 Å². The molecule has 0 aliphatic heterocycles. The Bertz CT molecular complexity index is 700. The van der Waals surface area contributed by atoms with E-state index in [0.29, 0.717) is 5.76 Å². The number of benzene rings is 1. The number of halogens is 2. The number of furan rings is 1. The molecule has 1 aromatic carbocycles. The molecule has 8 heteroatoms. The Kier molecular flexibility index (Phi) is 3.79. The molecule has 5 nitrogen and oxygen atoms in total. The first-order valence-electron chi connectivity index (χ1n) is 5.17. The highest BCUT2D eigenvalue weighted by Crippen LogP contribution is 2.20. The fraction of sp³-hybridized carbons (Fsp3) is 0.0909. The van der Waals surface area contributed by atoms with Crippen molar-refractivity contribution >= 4 is 27.3 Å². The van der Waals surface area contributed by atoms with Gasteiger partial charge in [0.25, 0.3) is 10.0 Å². The highest BCUT2D eigenvalue weighted by atomic mass is 35.5. The summed E-state index contributed by atoms with van der Waals surface area (Å²) in [5.74, 6) is -0.191. The second kappa shape index (κ2) is 5.20. The van der Waals surface area contributed by atoms with Crippen molar-refractivity contribution in [3.05, 3.63) is 46.9 Å². The van der Waals surface area contributed by atoms with Crippen molar-refractivity contribution in [3.8, 4) is 0 Å². The fourth-order valence-electron chi connectivity index (χ4n) is 1.42. The van der Waals surface area contributed by atoms with E-state index in [1.54, 1.807) is 0 Å². The molecule has 3 N–H and O–H groups in total. The van der Waals surface area contributed by atoms with E-state index in [9.17, 15) is 12.8 Å². The topological polar surface area (TPSA) is 85.3 Å². The molecule has 102 valence electrons. The smallest absolute Gasteiger partial charge is 0.271 e. The van der Waals surface area contributed by atoms with E-state index in [-0.39, 0.29) is 22.3 Å². The summed E-state index contributed by atoms with van der Waals surface area (Å²) in [4.78, 5) is 0. The minimum atomic E-state index is -3.86. The molecule has 0 unspecified atom stereocenters. The molecular weight excluding hydrogens is 295 g/mol. The van der Waals surface area contributed by atoms with E-state index in [1.807, 2.05) is 0 Å². The van der Waals surface area contributed by atoms with Crippen molar-refractivity contribution in [2.75, 3.05) is 5.32 Å². The predicted molar refractivity (Wildman–Crippen MR) is 68.8 cm³/mol. The molecule has 0 aliphatic rings. The number of nitrogens with two attached hydrogens (primary N) is 1. The summed E-state index contributed by atoms with van der Waals surface area (Å²) in [6.45, 7) is 0.119. The van der Waals surface area contributed by atoms with Crippen LogP contribution in [0, 0.1) is 5.82 Å². The van der Waals surface area contributed by atoms with Gasteiger partial charge in [-0.1, -0.05) is 11.6 Å². The van der Waals surface area contributed by atoms with Crippen LogP contribution in [0.15, 0.2) is 39.8 Å². The SMILES string of the molecule is NS(=O)(=O)c1ccc(CNc2ccc(Cl)cc2F)o1. The minimum Gasteiger partial charge on any atom is -0.446 e. The first-order valence-corrected chi connectivity index (χ1v) is 7.09. The van der Waals surface area contributed by atoms with Crippen molar-refractivity contribution in [1.82, 2.24) is 0 Å². The van der Waals surface area contributed by atoms with Gasteiger partial charge in [-0.3, -0.25) is 0 Å². The maximum absolute atomic E-state index is 13.5. The highest BCUT2D eigenvalue weighted by molar-refractivity contribution is 7.89. The van der Waals surface area contributed by atoms with Crippen molar-refractivity contribution in [3.63, 3.8) is 0 Å². The molecule has 0 radical (unpaired) electrons. The normalized spacial score (nSPS) is 11.5. The third kappa shape index (κ3) is 3.46. The monoisotopic (exact) mass is 304 g/mol. The number of hydrogen-bond donors (Lipinski definition) is 2. The van der Waals surface area contributed by atoms with Gasteiger partial charge in [-0.15, -0.1) is 0 Å². The van der Waals surface area contributed by atoms with Crippen molar-refractivity contribution < 1.29 is 17.2 Å². The Labute approximate surface area is 114 Å². The zero-order valence-corrected chi connectivity index (χ0v) is 11.1. The molecule has 0 saturated heterocycles. The molecule has 2 aromatic rings. The first-order chi connectivity index (χ1) is 8.86. The van der Waals surface area contributed by atoms with Gasteiger partial charge in [-0.05, 0) is 30.3 Å². The van der Waals surface area contributed by atoms with Crippen molar-refractivity contribution in [1.29, 1.82) is 0 Å². The van der Waals surface area contributed by atoms with Gasteiger partial charge in [0.1, 0.15) is 11.6 Å². The van der Waals surface area contributed by atoms with Gasteiger partial charge in [0.05, 0.1) is 12.2 Å². The Morgan fingerprint density at radius 1 is 1.32 bits per heavy atom. The van der Waals surface area contributed by atoms with Crippen LogP contribution in [-0.2, 0) is 16.6 Å². The number of rotatable bonds is 4. The van der Waals surface area contributed by atoms with Crippen LogP contribution >= 0.6 is 11.6 Å². The standard InChI is InChI=1S/C11H10ClFN2O3S/c12-7-1-3-10(9(13)5-7)15-6-8-2-4-11(18-8)19(14,16)17/h1-5,15H,6H2,(H2,14,16,17). The summed E-state index contributed by atoms with van der Waals surface area (Å²) in [6.07, 6.45) is 0. The van der Waals surface area contributed by atoms with Crippen LogP contribution < -0.4 is 10.5 Å². The van der Waals surface area contributed by atoms with Crippen molar-refractivity contribution in [2.24, 2.45) is 5.14 Å². The van der Waals surface area contributed by atoms with E-state index in [0.717, 1.165) is 0 Å². The second-order valence-electron chi connectivity index (χ2n) is 3.74. The van der Waals surface area contributed by atoms with Crippen LogP contribution in [0.5, 0.6) is 0 Å². The third-order valence-corrected chi connectivity index (χ3v) is 3.32. The molecule has 2 rings (SSSR count). The summed E-state index contributed by atoms with van der Waals surface area (Å²) < 4.78 is 40.5. The molecule has 19 heavy (non-hydrogen) atoms. The number of nitrogens with one attached hydrogen (secondary N) is 1. The Morgan fingerprint density at radius 3 is 2.63 bits per heavy atom. The first kappa shape index (κ1) is 13.9. The van der Waals surface area contributed by atoms with E-state index in [1.165, 1.54) is 30.3 Å². The molecule has 0 atom stereocenters. The third-order valence-electron chi connectivity index (χ3n) is 2.30. The van der Waals surface area contributed by atoms with Gasteiger partial charge in [0.2, 0.25) is 5.09 Å². The lowest BCUT2D eigenvalue weighted by Crippen LogP contribution is -2.10. The number of sulfonamides is 1. The lowest BCUT2D eigenvalue weighted by molar-refractivity contribution is 0.419. The molecule has 0 fully saturated rings.